The minimum atomic E-state index is -0.357. The molecule has 0 fully saturated rings. The zero-order chi connectivity index (χ0) is 14.7. The average molecular weight is 279 g/mol. The van der Waals surface area contributed by atoms with Gasteiger partial charge in [-0.3, -0.25) is 4.79 Å². The molecule has 0 bridgehead atoms. The maximum atomic E-state index is 13.2. The molecule has 1 atom stereocenters. The highest BCUT2D eigenvalue weighted by Gasteiger charge is 2.18. The fourth-order valence-corrected chi connectivity index (χ4v) is 2.08. The Morgan fingerprint density at radius 2 is 2.25 bits per heavy atom. The number of nitrogens with one attached hydrogen (secondary N) is 1. The molecular formula is C15H18FNO3. The molecule has 0 aliphatic heterocycles. The molecule has 2 N–H and O–H groups in total. The molecule has 20 heavy (non-hydrogen) atoms. The van der Waals surface area contributed by atoms with Crippen molar-refractivity contribution in [2.24, 2.45) is 5.92 Å². The van der Waals surface area contributed by atoms with Crippen LogP contribution in [-0.2, 0) is 0 Å². The number of aliphatic hydroxyl groups excluding tert-OH is 1. The van der Waals surface area contributed by atoms with Crippen molar-refractivity contribution in [3.63, 3.8) is 0 Å². The number of hydrogen-bond donors (Lipinski definition) is 2. The van der Waals surface area contributed by atoms with Crippen LogP contribution in [0.2, 0.25) is 0 Å². The normalized spacial score (nSPS) is 12.6. The van der Waals surface area contributed by atoms with Crippen LogP contribution in [0.4, 0.5) is 4.39 Å². The van der Waals surface area contributed by atoms with Crippen molar-refractivity contribution in [2.75, 3.05) is 13.2 Å². The Kier molecular flexibility index (Phi) is 4.39. The fourth-order valence-electron chi connectivity index (χ4n) is 2.08. The minimum Gasteiger partial charge on any atom is -0.451 e. The van der Waals surface area contributed by atoms with Gasteiger partial charge in [0.2, 0.25) is 0 Å². The second kappa shape index (κ2) is 6.05. The number of rotatable bonds is 5. The van der Waals surface area contributed by atoms with Gasteiger partial charge < -0.3 is 14.8 Å². The highest BCUT2D eigenvalue weighted by molar-refractivity contribution is 5.98. The number of furan rings is 1. The van der Waals surface area contributed by atoms with E-state index in [2.05, 4.69) is 5.32 Å². The second-order valence-electron chi connectivity index (χ2n) is 5.02. The van der Waals surface area contributed by atoms with Gasteiger partial charge in [0.1, 0.15) is 11.4 Å². The Morgan fingerprint density at radius 1 is 1.50 bits per heavy atom. The predicted octanol–water partition coefficient (Wildman–Crippen LogP) is 2.63. The SMILES string of the molecule is Cc1c(C(=O)NCC(C)CCO)oc2ccc(F)cc12. The first-order valence-electron chi connectivity index (χ1n) is 6.60. The first kappa shape index (κ1) is 14.5. The molecule has 4 nitrogen and oxygen atoms in total. The third kappa shape index (κ3) is 2.99. The van der Waals surface area contributed by atoms with E-state index in [-0.39, 0.29) is 30.0 Å². The number of carbonyl (C=O) groups excluding carboxylic acids is 1. The predicted molar refractivity (Wildman–Crippen MR) is 74.1 cm³/mol. The van der Waals surface area contributed by atoms with E-state index in [0.29, 0.717) is 29.5 Å². The second-order valence-corrected chi connectivity index (χ2v) is 5.02. The van der Waals surface area contributed by atoms with Gasteiger partial charge in [-0.1, -0.05) is 6.92 Å². The van der Waals surface area contributed by atoms with Gasteiger partial charge in [0.15, 0.2) is 5.76 Å². The molecule has 1 unspecified atom stereocenters. The Labute approximate surface area is 116 Å². The number of aryl methyl sites for hydroxylation is 1. The summed E-state index contributed by atoms with van der Waals surface area (Å²) in [6, 6.07) is 4.18. The summed E-state index contributed by atoms with van der Waals surface area (Å²) in [5, 5.41) is 12.2. The Bertz CT molecular complexity index is 621. The van der Waals surface area contributed by atoms with Crippen LogP contribution in [0.5, 0.6) is 0 Å². The zero-order valence-corrected chi connectivity index (χ0v) is 11.6. The molecule has 0 spiro atoms. The van der Waals surface area contributed by atoms with Crippen LogP contribution in [0.15, 0.2) is 22.6 Å². The maximum Gasteiger partial charge on any atom is 0.287 e. The summed E-state index contributed by atoms with van der Waals surface area (Å²) < 4.78 is 18.7. The van der Waals surface area contributed by atoms with E-state index >= 15 is 0 Å². The van der Waals surface area contributed by atoms with Crippen molar-refractivity contribution < 1.29 is 18.7 Å². The number of hydrogen-bond acceptors (Lipinski definition) is 3. The number of fused-ring (bicyclic) bond motifs is 1. The third-order valence-electron chi connectivity index (χ3n) is 3.34. The van der Waals surface area contributed by atoms with E-state index in [9.17, 15) is 9.18 Å². The van der Waals surface area contributed by atoms with E-state index < -0.39 is 0 Å². The highest BCUT2D eigenvalue weighted by Crippen LogP contribution is 2.25. The van der Waals surface area contributed by atoms with Gasteiger partial charge in [0.25, 0.3) is 5.91 Å². The van der Waals surface area contributed by atoms with Gasteiger partial charge in [-0.05, 0) is 37.5 Å². The van der Waals surface area contributed by atoms with Gasteiger partial charge in [-0.2, -0.15) is 0 Å². The Morgan fingerprint density at radius 3 is 2.95 bits per heavy atom. The molecule has 1 amide bonds. The summed E-state index contributed by atoms with van der Waals surface area (Å²) in [4.78, 5) is 12.1. The molecule has 1 aromatic carbocycles. The molecular weight excluding hydrogens is 261 g/mol. The van der Waals surface area contributed by atoms with Crippen LogP contribution in [0.1, 0.15) is 29.5 Å². The first-order valence-corrected chi connectivity index (χ1v) is 6.60. The number of carbonyl (C=O) groups is 1. The van der Waals surface area contributed by atoms with Gasteiger partial charge in [0.05, 0.1) is 0 Å². The molecule has 0 saturated carbocycles. The van der Waals surface area contributed by atoms with Gasteiger partial charge in [0, 0.05) is 24.1 Å². The van der Waals surface area contributed by atoms with E-state index in [1.54, 1.807) is 6.92 Å². The topological polar surface area (TPSA) is 62.5 Å². The molecule has 5 heteroatoms. The van der Waals surface area contributed by atoms with Crippen molar-refractivity contribution in [1.29, 1.82) is 0 Å². The monoisotopic (exact) mass is 279 g/mol. The first-order chi connectivity index (χ1) is 9.52. The van der Waals surface area contributed by atoms with Crippen molar-refractivity contribution in [3.05, 3.63) is 35.3 Å². The summed E-state index contributed by atoms with van der Waals surface area (Å²) in [6.45, 7) is 4.24. The average Bonchev–Trinajstić information content (AvgIpc) is 2.74. The largest absolute Gasteiger partial charge is 0.451 e. The van der Waals surface area contributed by atoms with Gasteiger partial charge >= 0.3 is 0 Å². The van der Waals surface area contributed by atoms with Crippen LogP contribution in [0, 0.1) is 18.7 Å². The van der Waals surface area contributed by atoms with Crippen LogP contribution in [-0.4, -0.2) is 24.2 Å². The van der Waals surface area contributed by atoms with Crippen molar-refractivity contribution in [1.82, 2.24) is 5.32 Å². The van der Waals surface area contributed by atoms with Crippen LogP contribution in [0.3, 0.4) is 0 Å². The molecule has 1 heterocycles. The number of amides is 1. The summed E-state index contributed by atoms with van der Waals surface area (Å²) in [5.41, 5.74) is 1.13. The molecule has 108 valence electrons. The molecule has 2 rings (SSSR count). The standard InChI is InChI=1S/C15H18FNO3/c1-9(5-6-18)8-17-15(19)14-10(2)12-7-11(16)3-4-13(12)20-14/h3-4,7,9,18H,5-6,8H2,1-2H3,(H,17,19). The third-order valence-corrected chi connectivity index (χ3v) is 3.34. The van der Waals surface area contributed by atoms with Crippen LogP contribution < -0.4 is 5.32 Å². The number of halogens is 1. The van der Waals surface area contributed by atoms with E-state index in [1.807, 2.05) is 6.92 Å². The van der Waals surface area contributed by atoms with E-state index in [4.69, 9.17) is 9.52 Å². The fraction of sp³-hybridized carbons (Fsp3) is 0.400. The van der Waals surface area contributed by atoms with Crippen LogP contribution >= 0.6 is 0 Å². The Hall–Kier alpha value is -1.88. The molecule has 1 aromatic heterocycles. The lowest BCUT2D eigenvalue weighted by molar-refractivity contribution is 0.0919. The smallest absolute Gasteiger partial charge is 0.287 e. The van der Waals surface area contributed by atoms with Crippen LogP contribution in [0.25, 0.3) is 11.0 Å². The lowest BCUT2D eigenvalue weighted by Crippen LogP contribution is -2.28. The molecule has 2 aromatic rings. The highest BCUT2D eigenvalue weighted by atomic mass is 19.1. The lowest BCUT2D eigenvalue weighted by atomic mass is 10.1. The quantitative estimate of drug-likeness (QED) is 0.884. The summed E-state index contributed by atoms with van der Waals surface area (Å²) in [6.07, 6.45) is 0.630. The van der Waals surface area contributed by atoms with Crippen molar-refractivity contribution in [2.45, 2.75) is 20.3 Å². The van der Waals surface area contributed by atoms with Crippen molar-refractivity contribution >= 4 is 16.9 Å². The van der Waals surface area contributed by atoms with Gasteiger partial charge in [-0.25, -0.2) is 4.39 Å². The maximum absolute atomic E-state index is 13.2. The lowest BCUT2D eigenvalue weighted by Gasteiger charge is -2.10. The molecule has 0 radical (unpaired) electrons. The molecule has 0 aliphatic carbocycles. The van der Waals surface area contributed by atoms with Crippen molar-refractivity contribution in [3.8, 4) is 0 Å². The zero-order valence-electron chi connectivity index (χ0n) is 11.6. The minimum absolute atomic E-state index is 0.0972. The molecule has 0 aliphatic rings. The summed E-state index contributed by atoms with van der Waals surface area (Å²) in [7, 11) is 0. The summed E-state index contributed by atoms with van der Waals surface area (Å²) in [5.74, 6) is -0.276. The van der Waals surface area contributed by atoms with E-state index in [1.165, 1.54) is 18.2 Å². The summed E-state index contributed by atoms with van der Waals surface area (Å²) >= 11 is 0. The van der Waals surface area contributed by atoms with E-state index in [0.717, 1.165) is 0 Å². The Balaban J connectivity index is 2.16. The van der Waals surface area contributed by atoms with Gasteiger partial charge in [-0.15, -0.1) is 0 Å². The molecule has 0 saturated heterocycles. The number of aliphatic hydroxyl groups is 1. The number of benzene rings is 1.